The van der Waals surface area contributed by atoms with Gasteiger partial charge in [-0.25, -0.2) is 4.39 Å². The summed E-state index contributed by atoms with van der Waals surface area (Å²) < 4.78 is 13.1. The highest BCUT2D eigenvalue weighted by atomic mass is 19.1. The summed E-state index contributed by atoms with van der Waals surface area (Å²) in [7, 11) is 0. The predicted octanol–water partition coefficient (Wildman–Crippen LogP) is 2.11. The van der Waals surface area contributed by atoms with E-state index in [9.17, 15) is 14.0 Å². The molecule has 1 aromatic carbocycles. The third-order valence-electron chi connectivity index (χ3n) is 5.93. The SMILES string of the molecule is O=C1NC(=O)C2(CCCN3CCN(c4ccc(F)cc4)CC3)C=CC=CC12. The van der Waals surface area contributed by atoms with E-state index in [0.717, 1.165) is 44.8 Å². The van der Waals surface area contributed by atoms with Gasteiger partial charge in [-0.05, 0) is 43.7 Å². The van der Waals surface area contributed by atoms with Gasteiger partial charge in [-0.15, -0.1) is 0 Å². The summed E-state index contributed by atoms with van der Waals surface area (Å²) >= 11 is 0. The summed E-state index contributed by atoms with van der Waals surface area (Å²) in [5, 5.41) is 2.49. The third-order valence-corrected chi connectivity index (χ3v) is 5.93. The van der Waals surface area contributed by atoms with E-state index in [1.807, 2.05) is 36.4 Å². The molecule has 1 aliphatic carbocycles. The molecule has 4 rings (SSSR count). The van der Waals surface area contributed by atoms with Crippen molar-refractivity contribution >= 4 is 17.5 Å². The highest BCUT2D eigenvalue weighted by molar-refractivity contribution is 6.09. The van der Waals surface area contributed by atoms with Crippen molar-refractivity contribution in [1.29, 1.82) is 0 Å². The molecule has 0 spiro atoms. The molecule has 5 nitrogen and oxygen atoms in total. The van der Waals surface area contributed by atoms with Crippen LogP contribution in [0.3, 0.4) is 0 Å². The van der Waals surface area contributed by atoms with Crippen LogP contribution >= 0.6 is 0 Å². The monoisotopic (exact) mass is 369 g/mol. The van der Waals surface area contributed by atoms with Gasteiger partial charge in [0.25, 0.3) is 0 Å². The Morgan fingerprint density at radius 3 is 2.56 bits per heavy atom. The van der Waals surface area contributed by atoms with E-state index in [-0.39, 0.29) is 23.5 Å². The van der Waals surface area contributed by atoms with Gasteiger partial charge in [0, 0.05) is 31.9 Å². The second-order valence-electron chi connectivity index (χ2n) is 7.49. The number of imide groups is 1. The quantitative estimate of drug-likeness (QED) is 0.808. The van der Waals surface area contributed by atoms with E-state index in [1.165, 1.54) is 12.1 Å². The number of allylic oxidation sites excluding steroid dienone is 2. The first kappa shape index (κ1) is 17.9. The van der Waals surface area contributed by atoms with E-state index in [0.29, 0.717) is 6.42 Å². The first-order chi connectivity index (χ1) is 13.1. The van der Waals surface area contributed by atoms with E-state index in [1.54, 1.807) is 0 Å². The van der Waals surface area contributed by atoms with Crippen molar-refractivity contribution in [2.45, 2.75) is 12.8 Å². The molecule has 2 aliphatic heterocycles. The van der Waals surface area contributed by atoms with Crippen LogP contribution in [-0.4, -0.2) is 49.4 Å². The van der Waals surface area contributed by atoms with Crippen LogP contribution in [0.2, 0.25) is 0 Å². The lowest BCUT2D eigenvalue weighted by atomic mass is 9.71. The van der Waals surface area contributed by atoms with Crippen molar-refractivity contribution in [2.75, 3.05) is 37.6 Å². The van der Waals surface area contributed by atoms with Crippen molar-refractivity contribution in [3.8, 4) is 0 Å². The lowest BCUT2D eigenvalue weighted by molar-refractivity contribution is -0.127. The molecule has 2 atom stereocenters. The Bertz CT molecular complexity index is 781. The molecule has 3 aliphatic rings. The van der Waals surface area contributed by atoms with Gasteiger partial charge < -0.3 is 4.90 Å². The second-order valence-corrected chi connectivity index (χ2v) is 7.49. The van der Waals surface area contributed by atoms with E-state index >= 15 is 0 Å². The fraction of sp³-hybridized carbons (Fsp3) is 0.429. The van der Waals surface area contributed by atoms with Crippen LogP contribution in [-0.2, 0) is 9.59 Å². The Morgan fingerprint density at radius 2 is 1.81 bits per heavy atom. The summed E-state index contributed by atoms with van der Waals surface area (Å²) in [6.45, 7) is 4.59. The number of carbonyl (C=O) groups is 2. The van der Waals surface area contributed by atoms with Crippen molar-refractivity contribution in [3.63, 3.8) is 0 Å². The summed E-state index contributed by atoms with van der Waals surface area (Å²) in [5.74, 6) is -0.936. The molecule has 142 valence electrons. The van der Waals surface area contributed by atoms with Crippen LogP contribution in [0.5, 0.6) is 0 Å². The number of carbonyl (C=O) groups excluding carboxylic acids is 2. The second kappa shape index (κ2) is 7.27. The summed E-state index contributed by atoms with van der Waals surface area (Å²) in [6.07, 6.45) is 8.98. The maximum Gasteiger partial charge on any atom is 0.237 e. The molecule has 2 unspecified atom stereocenters. The number of benzene rings is 1. The van der Waals surface area contributed by atoms with Crippen LogP contribution in [0, 0.1) is 17.2 Å². The largest absolute Gasteiger partial charge is 0.369 e. The average Bonchev–Trinajstić information content (AvgIpc) is 2.94. The van der Waals surface area contributed by atoms with E-state index < -0.39 is 5.41 Å². The summed E-state index contributed by atoms with van der Waals surface area (Å²) in [6, 6.07) is 6.64. The van der Waals surface area contributed by atoms with Crippen molar-refractivity contribution in [2.24, 2.45) is 11.3 Å². The standard InChI is InChI=1S/C21H24FN3O2/c22-16-5-7-17(8-6-16)25-14-12-24(13-15-25)11-3-10-21-9-2-1-4-18(21)19(26)23-20(21)27/h1-2,4-9,18H,3,10-15H2,(H,23,26,27). The summed E-state index contributed by atoms with van der Waals surface area (Å²) in [4.78, 5) is 29.1. The molecule has 27 heavy (non-hydrogen) atoms. The first-order valence-electron chi connectivity index (χ1n) is 9.53. The fourth-order valence-corrected chi connectivity index (χ4v) is 4.35. The number of halogens is 1. The minimum atomic E-state index is -0.707. The highest BCUT2D eigenvalue weighted by Crippen LogP contribution is 2.42. The number of nitrogens with one attached hydrogen (secondary N) is 1. The molecule has 1 aromatic rings. The molecule has 0 radical (unpaired) electrons. The normalized spacial score (nSPS) is 27.7. The van der Waals surface area contributed by atoms with Gasteiger partial charge in [-0.2, -0.15) is 0 Å². The molecule has 0 aromatic heterocycles. The van der Waals surface area contributed by atoms with Crippen LogP contribution in [0.25, 0.3) is 0 Å². The lowest BCUT2D eigenvalue weighted by Gasteiger charge is -2.37. The molecule has 0 bridgehead atoms. The van der Waals surface area contributed by atoms with Crippen molar-refractivity contribution in [3.05, 3.63) is 54.4 Å². The zero-order valence-corrected chi connectivity index (χ0v) is 15.2. The molecule has 1 N–H and O–H groups in total. The molecule has 2 heterocycles. The third kappa shape index (κ3) is 3.41. The minimum absolute atomic E-state index is 0.167. The molecule has 0 saturated carbocycles. The highest BCUT2D eigenvalue weighted by Gasteiger charge is 2.52. The maximum absolute atomic E-state index is 13.1. The molecule has 2 saturated heterocycles. The Balaban J connectivity index is 1.29. The number of piperazine rings is 1. The minimum Gasteiger partial charge on any atom is -0.369 e. The molecule has 6 heteroatoms. The summed E-state index contributed by atoms with van der Waals surface area (Å²) in [5.41, 5.74) is 0.347. The number of hydrogen-bond donors (Lipinski definition) is 1. The van der Waals surface area contributed by atoms with Gasteiger partial charge in [0.2, 0.25) is 11.8 Å². The van der Waals surface area contributed by atoms with Crippen molar-refractivity contribution < 1.29 is 14.0 Å². The molecular formula is C21H24FN3O2. The first-order valence-corrected chi connectivity index (χ1v) is 9.53. The number of amides is 2. The number of anilines is 1. The van der Waals surface area contributed by atoms with Gasteiger partial charge in [0.05, 0.1) is 11.3 Å². The topological polar surface area (TPSA) is 52.7 Å². The smallest absolute Gasteiger partial charge is 0.237 e. The van der Waals surface area contributed by atoms with Crippen LogP contribution in [0.15, 0.2) is 48.6 Å². The zero-order valence-electron chi connectivity index (χ0n) is 15.2. The van der Waals surface area contributed by atoms with E-state index in [4.69, 9.17) is 0 Å². The van der Waals surface area contributed by atoms with Gasteiger partial charge in [0.1, 0.15) is 5.82 Å². The Hall–Kier alpha value is -2.47. The van der Waals surface area contributed by atoms with Crippen LogP contribution < -0.4 is 10.2 Å². The van der Waals surface area contributed by atoms with Crippen LogP contribution in [0.1, 0.15) is 12.8 Å². The maximum atomic E-state index is 13.1. The predicted molar refractivity (Wildman–Crippen MR) is 102 cm³/mol. The van der Waals surface area contributed by atoms with Crippen LogP contribution in [0.4, 0.5) is 10.1 Å². The van der Waals surface area contributed by atoms with Gasteiger partial charge in [-0.3, -0.25) is 19.8 Å². The molecule has 2 fully saturated rings. The number of hydrogen-bond acceptors (Lipinski definition) is 4. The zero-order chi connectivity index (χ0) is 18.9. The van der Waals surface area contributed by atoms with Crippen molar-refractivity contribution in [1.82, 2.24) is 10.2 Å². The molecule has 2 amide bonds. The fourth-order valence-electron chi connectivity index (χ4n) is 4.35. The Labute approximate surface area is 158 Å². The Kier molecular flexibility index (Phi) is 4.83. The van der Waals surface area contributed by atoms with Gasteiger partial charge >= 0.3 is 0 Å². The lowest BCUT2D eigenvalue weighted by Crippen LogP contribution is -2.47. The average molecular weight is 369 g/mol. The number of rotatable bonds is 5. The molecular weight excluding hydrogens is 345 g/mol. The Morgan fingerprint density at radius 1 is 1.07 bits per heavy atom. The number of nitrogens with zero attached hydrogens (tertiary/aromatic N) is 2. The van der Waals surface area contributed by atoms with Gasteiger partial charge in [0.15, 0.2) is 0 Å². The number of fused-ring (bicyclic) bond motifs is 1. The van der Waals surface area contributed by atoms with Gasteiger partial charge in [-0.1, -0.05) is 24.3 Å². The van der Waals surface area contributed by atoms with E-state index in [2.05, 4.69) is 15.1 Å².